The highest BCUT2D eigenvalue weighted by Gasteiger charge is 2.36. The number of hydrogen-bond acceptors (Lipinski definition) is 2. The number of carbonyl (C=O) groups excluding carboxylic acids is 1. The molecular formula is C20H21FN2O. The van der Waals surface area contributed by atoms with Crippen LogP contribution in [0.5, 0.6) is 0 Å². The Labute approximate surface area is 141 Å². The molecule has 2 aromatic rings. The Morgan fingerprint density at radius 3 is 2.67 bits per heavy atom. The number of hydrogen-bond donors (Lipinski definition) is 1. The zero-order valence-corrected chi connectivity index (χ0v) is 14.0. The van der Waals surface area contributed by atoms with Crippen molar-refractivity contribution in [2.24, 2.45) is 5.92 Å². The second-order valence-corrected chi connectivity index (χ2v) is 7.06. The molecule has 2 aliphatic heterocycles. The lowest BCUT2D eigenvalue weighted by Gasteiger charge is -2.17. The van der Waals surface area contributed by atoms with Gasteiger partial charge in [0, 0.05) is 31.1 Å². The minimum Gasteiger partial charge on any atom is -0.352 e. The summed E-state index contributed by atoms with van der Waals surface area (Å²) >= 11 is 0. The van der Waals surface area contributed by atoms with Crippen molar-refractivity contribution in [1.29, 1.82) is 0 Å². The van der Waals surface area contributed by atoms with Crippen molar-refractivity contribution >= 4 is 5.91 Å². The van der Waals surface area contributed by atoms with E-state index < -0.39 is 0 Å². The number of likely N-dealkylation sites (N-methyl/N-ethyl adjacent to an activating group) is 1. The summed E-state index contributed by atoms with van der Waals surface area (Å²) in [6.07, 6.45) is 0. The molecule has 0 saturated carbocycles. The van der Waals surface area contributed by atoms with Crippen molar-refractivity contribution in [3.63, 3.8) is 0 Å². The number of halogens is 1. The van der Waals surface area contributed by atoms with Gasteiger partial charge in [-0.2, -0.15) is 0 Å². The summed E-state index contributed by atoms with van der Waals surface area (Å²) < 4.78 is 13.5. The van der Waals surface area contributed by atoms with Gasteiger partial charge in [0.2, 0.25) is 0 Å². The van der Waals surface area contributed by atoms with Crippen LogP contribution in [-0.4, -0.2) is 37.5 Å². The molecule has 0 unspecified atom stereocenters. The molecule has 4 rings (SSSR count). The molecule has 0 spiro atoms. The van der Waals surface area contributed by atoms with Crippen LogP contribution in [-0.2, 0) is 0 Å². The van der Waals surface area contributed by atoms with Crippen molar-refractivity contribution in [2.45, 2.75) is 12.8 Å². The number of benzene rings is 2. The number of rotatable bonds is 1. The van der Waals surface area contributed by atoms with Gasteiger partial charge in [-0.3, -0.25) is 4.79 Å². The number of carbonyl (C=O) groups is 1. The van der Waals surface area contributed by atoms with Gasteiger partial charge in [-0.05, 0) is 60.3 Å². The molecule has 0 aromatic heterocycles. The molecule has 2 heterocycles. The SMILES string of the molecule is Cc1cc(-c2ccc3c(c2)C(=O)NC[C@H]2CN(C)C[C@H]32)ccc1F. The Hall–Kier alpha value is -2.20. The molecule has 0 bridgehead atoms. The summed E-state index contributed by atoms with van der Waals surface area (Å²) in [6.45, 7) is 4.49. The van der Waals surface area contributed by atoms with Gasteiger partial charge in [0.1, 0.15) is 5.82 Å². The van der Waals surface area contributed by atoms with Crippen molar-refractivity contribution in [2.75, 3.05) is 26.7 Å². The molecule has 0 radical (unpaired) electrons. The van der Waals surface area contributed by atoms with Crippen LogP contribution in [0, 0.1) is 18.7 Å². The number of fused-ring (bicyclic) bond motifs is 3. The van der Waals surface area contributed by atoms with Gasteiger partial charge in [0.25, 0.3) is 5.91 Å². The standard InChI is InChI=1S/C20H21FN2O/c1-12-7-13(4-6-19(12)21)14-3-5-16-17(8-14)20(24)22-9-15-10-23(2)11-18(15)16/h3-8,15,18H,9-11H2,1-2H3,(H,22,24)/t15-,18-/m0/s1. The van der Waals surface area contributed by atoms with Gasteiger partial charge in [-0.25, -0.2) is 4.39 Å². The molecule has 2 aliphatic rings. The van der Waals surface area contributed by atoms with E-state index in [0.717, 1.165) is 41.9 Å². The van der Waals surface area contributed by atoms with E-state index in [4.69, 9.17) is 0 Å². The third kappa shape index (κ3) is 2.51. The molecule has 24 heavy (non-hydrogen) atoms. The first kappa shape index (κ1) is 15.3. The predicted molar refractivity (Wildman–Crippen MR) is 92.6 cm³/mol. The van der Waals surface area contributed by atoms with Crippen molar-refractivity contribution in [3.05, 3.63) is 58.9 Å². The highest BCUT2D eigenvalue weighted by Crippen LogP contribution is 2.37. The quantitative estimate of drug-likeness (QED) is 0.874. The second-order valence-electron chi connectivity index (χ2n) is 7.06. The normalized spacial score (nSPS) is 23.4. The Morgan fingerprint density at radius 2 is 1.88 bits per heavy atom. The lowest BCUT2D eigenvalue weighted by atomic mass is 9.86. The van der Waals surface area contributed by atoms with Gasteiger partial charge in [0.05, 0.1) is 0 Å². The van der Waals surface area contributed by atoms with E-state index in [9.17, 15) is 9.18 Å². The van der Waals surface area contributed by atoms with E-state index in [1.807, 2.05) is 12.1 Å². The first-order chi connectivity index (χ1) is 11.5. The van der Waals surface area contributed by atoms with Crippen LogP contribution in [0.1, 0.15) is 27.4 Å². The largest absolute Gasteiger partial charge is 0.352 e. The lowest BCUT2D eigenvalue weighted by molar-refractivity contribution is 0.0951. The van der Waals surface area contributed by atoms with Crippen LogP contribution in [0.25, 0.3) is 11.1 Å². The van der Waals surface area contributed by atoms with Crippen LogP contribution in [0.15, 0.2) is 36.4 Å². The summed E-state index contributed by atoms with van der Waals surface area (Å²) in [7, 11) is 2.13. The highest BCUT2D eigenvalue weighted by molar-refractivity contribution is 5.97. The fraction of sp³-hybridized carbons (Fsp3) is 0.350. The van der Waals surface area contributed by atoms with E-state index in [0.29, 0.717) is 17.4 Å². The number of aryl methyl sites for hydroxylation is 1. The van der Waals surface area contributed by atoms with Crippen molar-refractivity contribution in [3.8, 4) is 11.1 Å². The molecule has 4 heteroatoms. The Bertz CT molecular complexity index is 817. The Morgan fingerprint density at radius 1 is 1.12 bits per heavy atom. The minimum atomic E-state index is -0.205. The van der Waals surface area contributed by atoms with E-state index in [-0.39, 0.29) is 11.7 Å². The summed E-state index contributed by atoms with van der Waals surface area (Å²) in [6, 6.07) is 11.2. The molecule has 1 saturated heterocycles. The van der Waals surface area contributed by atoms with Crippen LogP contribution in [0.4, 0.5) is 4.39 Å². The molecule has 1 N–H and O–H groups in total. The average Bonchev–Trinajstić information content (AvgIpc) is 2.89. The van der Waals surface area contributed by atoms with Gasteiger partial charge in [-0.1, -0.05) is 18.2 Å². The van der Waals surface area contributed by atoms with Crippen LogP contribution in [0.2, 0.25) is 0 Å². The molecule has 2 aromatic carbocycles. The monoisotopic (exact) mass is 324 g/mol. The van der Waals surface area contributed by atoms with E-state index in [2.05, 4.69) is 29.4 Å². The smallest absolute Gasteiger partial charge is 0.251 e. The average molecular weight is 324 g/mol. The predicted octanol–water partition coefficient (Wildman–Crippen LogP) is 3.19. The van der Waals surface area contributed by atoms with Gasteiger partial charge < -0.3 is 10.2 Å². The summed E-state index contributed by atoms with van der Waals surface area (Å²) in [5, 5.41) is 3.07. The maximum atomic E-state index is 13.5. The molecular weight excluding hydrogens is 303 g/mol. The maximum Gasteiger partial charge on any atom is 0.251 e. The molecule has 1 fully saturated rings. The number of nitrogens with zero attached hydrogens (tertiary/aromatic N) is 1. The zero-order valence-electron chi connectivity index (χ0n) is 14.0. The molecule has 3 nitrogen and oxygen atoms in total. The first-order valence-electron chi connectivity index (χ1n) is 8.40. The molecule has 124 valence electrons. The fourth-order valence-corrected chi connectivity index (χ4v) is 4.05. The van der Waals surface area contributed by atoms with Gasteiger partial charge >= 0.3 is 0 Å². The summed E-state index contributed by atoms with van der Waals surface area (Å²) in [5.41, 5.74) is 4.41. The van der Waals surface area contributed by atoms with E-state index in [1.54, 1.807) is 13.0 Å². The van der Waals surface area contributed by atoms with Crippen LogP contribution >= 0.6 is 0 Å². The van der Waals surface area contributed by atoms with E-state index in [1.165, 1.54) is 6.07 Å². The summed E-state index contributed by atoms with van der Waals surface area (Å²) in [5.74, 6) is 0.665. The number of amides is 1. The molecule has 1 amide bonds. The third-order valence-corrected chi connectivity index (χ3v) is 5.34. The topological polar surface area (TPSA) is 32.3 Å². The fourth-order valence-electron chi connectivity index (χ4n) is 4.05. The van der Waals surface area contributed by atoms with Crippen molar-refractivity contribution in [1.82, 2.24) is 10.2 Å². The third-order valence-electron chi connectivity index (χ3n) is 5.34. The zero-order chi connectivity index (χ0) is 16.8. The molecule has 2 atom stereocenters. The van der Waals surface area contributed by atoms with Crippen LogP contribution < -0.4 is 5.32 Å². The van der Waals surface area contributed by atoms with Crippen LogP contribution in [0.3, 0.4) is 0 Å². The first-order valence-corrected chi connectivity index (χ1v) is 8.40. The summed E-state index contributed by atoms with van der Waals surface area (Å²) in [4.78, 5) is 14.9. The highest BCUT2D eigenvalue weighted by atomic mass is 19.1. The second kappa shape index (κ2) is 5.71. The number of nitrogens with one attached hydrogen (secondary N) is 1. The molecule has 0 aliphatic carbocycles. The van der Waals surface area contributed by atoms with Gasteiger partial charge in [0.15, 0.2) is 0 Å². The van der Waals surface area contributed by atoms with E-state index >= 15 is 0 Å². The Balaban J connectivity index is 1.79. The van der Waals surface area contributed by atoms with Gasteiger partial charge in [-0.15, -0.1) is 0 Å². The Kier molecular flexibility index (Phi) is 3.65. The maximum absolute atomic E-state index is 13.5. The minimum absolute atomic E-state index is 0.00253. The number of likely N-dealkylation sites (tertiary alicyclic amines) is 1. The van der Waals surface area contributed by atoms with Crippen molar-refractivity contribution < 1.29 is 9.18 Å². The lowest BCUT2D eigenvalue weighted by Crippen LogP contribution is -2.29.